The van der Waals surface area contributed by atoms with Gasteiger partial charge in [-0.25, -0.2) is 9.13 Å². The molecule has 0 bridgehead atoms. The van der Waals surface area contributed by atoms with Crippen molar-refractivity contribution >= 4 is 21.9 Å². The molecule has 0 amide bonds. The van der Waals surface area contributed by atoms with E-state index in [4.69, 9.17) is 0 Å². The first kappa shape index (κ1) is 9.40. The van der Waals surface area contributed by atoms with E-state index >= 15 is 0 Å². The van der Waals surface area contributed by atoms with E-state index < -0.39 is 0 Å². The van der Waals surface area contributed by atoms with Gasteiger partial charge >= 0.3 is 0 Å². The molecule has 0 atom stereocenters. The number of pyridine rings is 1. The van der Waals surface area contributed by atoms with Crippen LogP contribution in [-0.4, -0.2) is 4.57 Å². The zero-order valence-electron chi connectivity index (χ0n) is 9.86. The lowest BCUT2D eigenvalue weighted by molar-refractivity contribution is -0.647. The second kappa shape index (κ2) is 3.08. The number of hydrogen-bond acceptors (Lipinski definition) is 0. The molecule has 2 nitrogen and oxygen atoms in total. The average molecular weight is 211 g/mol. The van der Waals surface area contributed by atoms with Gasteiger partial charge < -0.3 is 0 Å². The van der Waals surface area contributed by atoms with Crippen LogP contribution in [0.4, 0.5) is 0 Å². The van der Waals surface area contributed by atoms with Crippen molar-refractivity contribution in [2.45, 2.75) is 6.92 Å². The van der Waals surface area contributed by atoms with Crippen LogP contribution in [0.3, 0.4) is 0 Å². The lowest BCUT2D eigenvalue weighted by atomic mass is 10.1. The molecule has 0 fully saturated rings. The topological polar surface area (TPSA) is 8.81 Å². The van der Waals surface area contributed by atoms with Crippen molar-refractivity contribution in [1.29, 1.82) is 0 Å². The van der Waals surface area contributed by atoms with Crippen LogP contribution in [0.5, 0.6) is 0 Å². The summed E-state index contributed by atoms with van der Waals surface area (Å²) in [5.74, 6) is 0. The molecule has 0 spiro atoms. The predicted octanol–water partition coefficient (Wildman–Crippen LogP) is 2.46. The van der Waals surface area contributed by atoms with Gasteiger partial charge in [0, 0.05) is 5.39 Å². The van der Waals surface area contributed by atoms with Gasteiger partial charge in [-0.3, -0.25) is 0 Å². The van der Waals surface area contributed by atoms with Crippen molar-refractivity contribution in [3.63, 3.8) is 0 Å². The summed E-state index contributed by atoms with van der Waals surface area (Å²) in [6, 6.07) is 10.7. The zero-order chi connectivity index (χ0) is 11.3. The molecular weight excluding hydrogens is 196 g/mol. The maximum Gasteiger partial charge on any atom is 0.289 e. The van der Waals surface area contributed by atoms with Crippen molar-refractivity contribution in [2.75, 3.05) is 0 Å². The second-order valence-corrected chi connectivity index (χ2v) is 4.38. The van der Waals surface area contributed by atoms with E-state index in [0.717, 1.165) is 0 Å². The van der Waals surface area contributed by atoms with E-state index in [-0.39, 0.29) is 0 Å². The Morgan fingerprint density at radius 1 is 1.12 bits per heavy atom. The van der Waals surface area contributed by atoms with E-state index in [1.54, 1.807) is 0 Å². The summed E-state index contributed by atoms with van der Waals surface area (Å²) in [7, 11) is 4.23. The van der Waals surface area contributed by atoms with Crippen LogP contribution in [0.1, 0.15) is 5.56 Å². The Bertz CT molecular complexity index is 693. The Hall–Kier alpha value is -1.83. The maximum atomic E-state index is 2.26. The molecule has 0 saturated carbocycles. The highest BCUT2D eigenvalue weighted by Gasteiger charge is 2.17. The van der Waals surface area contributed by atoms with Crippen LogP contribution < -0.4 is 4.57 Å². The maximum absolute atomic E-state index is 2.26. The highest BCUT2D eigenvalue weighted by atomic mass is 15.1. The molecule has 0 radical (unpaired) electrons. The summed E-state index contributed by atoms with van der Waals surface area (Å²) >= 11 is 0. The minimum atomic E-state index is 1.28. The summed E-state index contributed by atoms with van der Waals surface area (Å²) in [6.45, 7) is 2.18. The molecule has 16 heavy (non-hydrogen) atoms. The minimum Gasteiger partial charge on any atom is -0.236 e. The van der Waals surface area contributed by atoms with Gasteiger partial charge in [-0.15, -0.1) is 0 Å². The van der Waals surface area contributed by atoms with Gasteiger partial charge in [0.25, 0.3) is 5.65 Å². The monoisotopic (exact) mass is 211 g/mol. The number of hydrogen-bond donors (Lipinski definition) is 0. The minimum absolute atomic E-state index is 1.28. The first-order valence-corrected chi connectivity index (χ1v) is 5.52. The number of fused-ring (bicyclic) bond motifs is 3. The number of para-hydroxylation sites is 1. The number of aromatic nitrogens is 2. The Kier molecular flexibility index (Phi) is 1.81. The van der Waals surface area contributed by atoms with Crippen LogP contribution in [-0.2, 0) is 14.1 Å². The first-order chi connectivity index (χ1) is 7.70. The van der Waals surface area contributed by atoms with Gasteiger partial charge in [0.15, 0.2) is 0 Å². The summed E-state index contributed by atoms with van der Waals surface area (Å²) in [5, 5.41) is 2.71. The van der Waals surface area contributed by atoms with E-state index in [1.165, 1.54) is 27.5 Å². The molecule has 2 heteroatoms. The summed E-state index contributed by atoms with van der Waals surface area (Å²) < 4.78 is 4.44. The molecule has 0 aliphatic heterocycles. The van der Waals surface area contributed by atoms with E-state index in [0.29, 0.717) is 0 Å². The third-order valence-corrected chi connectivity index (χ3v) is 3.35. The number of nitrogens with zero attached hydrogens (tertiary/aromatic N) is 2. The van der Waals surface area contributed by atoms with Crippen LogP contribution in [0.2, 0.25) is 0 Å². The van der Waals surface area contributed by atoms with Gasteiger partial charge in [-0.2, -0.15) is 0 Å². The van der Waals surface area contributed by atoms with E-state index in [1.807, 2.05) is 0 Å². The number of rotatable bonds is 0. The Morgan fingerprint density at radius 3 is 2.69 bits per heavy atom. The van der Waals surface area contributed by atoms with Gasteiger partial charge in [0.05, 0.1) is 25.7 Å². The van der Waals surface area contributed by atoms with Crippen molar-refractivity contribution in [3.8, 4) is 0 Å². The smallest absolute Gasteiger partial charge is 0.236 e. The highest BCUT2D eigenvalue weighted by molar-refractivity contribution is 6.07. The third-order valence-electron chi connectivity index (χ3n) is 3.35. The first-order valence-electron chi connectivity index (χ1n) is 5.52. The van der Waals surface area contributed by atoms with E-state index in [9.17, 15) is 0 Å². The normalized spacial score (nSPS) is 11.4. The van der Waals surface area contributed by atoms with Gasteiger partial charge in [-0.1, -0.05) is 12.1 Å². The third kappa shape index (κ3) is 1.04. The SMILES string of the molecule is Cc1cc[n+](C)c2c1c1ccccc1n2C. The molecule has 2 aromatic heterocycles. The van der Waals surface area contributed by atoms with Crippen LogP contribution in [0.25, 0.3) is 21.9 Å². The molecule has 3 aromatic rings. The molecule has 0 N–H and O–H groups in total. The molecule has 0 aliphatic rings. The Labute approximate surface area is 94.7 Å². The average Bonchev–Trinajstić information content (AvgIpc) is 2.60. The second-order valence-electron chi connectivity index (χ2n) is 4.38. The van der Waals surface area contributed by atoms with Crippen LogP contribution in [0, 0.1) is 6.92 Å². The molecule has 2 heterocycles. The Morgan fingerprint density at radius 2 is 1.88 bits per heavy atom. The Balaban J connectivity index is 2.72. The fourth-order valence-electron chi connectivity index (χ4n) is 2.56. The molecule has 80 valence electrons. The summed E-state index contributed by atoms with van der Waals surface area (Å²) in [4.78, 5) is 0. The summed E-state index contributed by atoms with van der Waals surface area (Å²) in [6.07, 6.45) is 2.12. The van der Waals surface area contributed by atoms with Crippen molar-refractivity contribution < 1.29 is 4.57 Å². The van der Waals surface area contributed by atoms with Gasteiger partial charge in [-0.05, 0) is 30.7 Å². The quantitative estimate of drug-likeness (QED) is 0.505. The molecule has 0 saturated heterocycles. The number of benzene rings is 1. The predicted molar refractivity (Wildman–Crippen MR) is 66.3 cm³/mol. The fourth-order valence-corrected chi connectivity index (χ4v) is 2.56. The van der Waals surface area contributed by atoms with Gasteiger partial charge in [0.1, 0.15) is 5.52 Å². The number of aryl methyl sites for hydroxylation is 3. The summed E-state index contributed by atoms with van der Waals surface area (Å²) in [5.41, 5.74) is 3.91. The largest absolute Gasteiger partial charge is 0.289 e. The zero-order valence-corrected chi connectivity index (χ0v) is 9.86. The van der Waals surface area contributed by atoms with E-state index in [2.05, 4.69) is 66.7 Å². The molecule has 0 aliphatic carbocycles. The molecule has 0 unspecified atom stereocenters. The highest BCUT2D eigenvalue weighted by Crippen LogP contribution is 2.27. The molecular formula is C14H15N2+. The lowest BCUT2D eigenvalue weighted by Gasteiger charge is -1.97. The standard InChI is InChI=1S/C14H15N2/c1-10-8-9-15(2)14-13(10)11-6-4-5-7-12(11)16(14)3/h4-9H,1-3H3/q+1. The van der Waals surface area contributed by atoms with Crippen molar-refractivity contribution in [1.82, 2.24) is 4.57 Å². The van der Waals surface area contributed by atoms with Crippen molar-refractivity contribution in [2.24, 2.45) is 14.1 Å². The van der Waals surface area contributed by atoms with Crippen LogP contribution in [0.15, 0.2) is 36.5 Å². The van der Waals surface area contributed by atoms with Crippen LogP contribution >= 0.6 is 0 Å². The molecule has 3 rings (SSSR count). The van der Waals surface area contributed by atoms with Crippen molar-refractivity contribution in [3.05, 3.63) is 42.1 Å². The lowest BCUT2D eigenvalue weighted by Crippen LogP contribution is -2.30. The molecule has 1 aromatic carbocycles. The fraction of sp³-hybridized carbons (Fsp3) is 0.214. The van der Waals surface area contributed by atoms with Gasteiger partial charge in [0.2, 0.25) is 0 Å².